The van der Waals surface area contributed by atoms with Gasteiger partial charge in [0.05, 0.1) is 24.9 Å². The van der Waals surface area contributed by atoms with Crippen molar-refractivity contribution in [3.63, 3.8) is 0 Å². The van der Waals surface area contributed by atoms with E-state index in [0.717, 1.165) is 0 Å². The first-order chi connectivity index (χ1) is 10.2. The maximum Gasteiger partial charge on any atom is 0.412 e. The summed E-state index contributed by atoms with van der Waals surface area (Å²) in [6.07, 6.45) is 0.887. The third-order valence-electron chi connectivity index (χ3n) is 2.61. The predicted molar refractivity (Wildman–Crippen MR) is 74.9 cm³/mol. The van der Waals surface area contributed by atoms with Gasteiger partial charge in [-0.05, 0) is 24.3 Å². The van der Waals surface area contributed by atoms with E-state index in [4.69, 9.17) is 4.74 Å². The van der Waals surface area contributed by atoms with E-state index in [1.807, 2.05) is 6.07 Å². The zero-order valence-corrected chi connectivity index (χ0v) is 11.4. The van der Waals surface area contributed by atoms with Gasteiger partial charge in [0, 0.05) is 6.20 Å². The minimum atomic E-state index is -0.591. The smallest absolute Gasteiger partial charge is 0.412 e. The Kier molecular flexibility index (Phi) is 4.87. The third kappa shape index (κ3) is 4.31. The Morgan fingerprint density at radius 2 is 1.95 bits per heavy atom. The Labute approximate surface area is 121 Å². The first-order valence-corrected chi connectivity index (χ1v) is 6.23. The van der Waals surface area contributed by atoms with Crippen LogP contribution in [0, 0.1) is 0 Å². The molecule has 1 aromatic heterocycles. The van der Waals surface area contributed by atoms with Gasteiger partial charge in [-0.15, -0.1) is 0 Å². The number of pyridine rings is 1. The molecule has 2 rings (SSSR count). The molecular weight excluding hydrogens is 272 g/mol. The van der Waals surface area contributed by atoms with Crippen molar-refractivity contribution < 1.29 is 19.1 Å². The van der Waals surface area contributed by atoms with Crippen LogP contribution in [0.15, 0.2) is 48.7 Å². The van der Waals surface area contributed by atoms with Gasteiger partial charge in [-0.1, -0.05) is 18.2 Å². The topological polar surface area (TPSA) is 77.5 Å². The second-order valence-electron chi connectivity index (χ2n) is 4.08. The molecule has 0 spiro atoms. The lowest BCUT2D eigenvalue weighted by atomic mass is 10.2. The predicted octanol–water partition coefficient (Wildman–Crippen LogP) is 2.16. The Bertz CT molecular complexity index is 629. The highest BCUT2D eigenvalue weighted by atomic mass is 16.6. The van der Waals surface area contributed by atoms with Crippen LogP contribution in [-0.4, -0.2) is 24.2 Å². The summed E-state index contributed by atoms with van der Waals surface area (Å²) >= 11 is 0. The fraction of sp³-hybridized carbons (Fsp3) is 0.133. The van der Waals surface area contributed by atoms with E-state index in [0.29, 0.717) is 17.0 Å². The van der Waals surface area contributed by atoms with Gasteiger partial charge >= 0.3 is 12.1 Å². The number of ether oxygens (including phenoxy) is 2. The van der Waals surface area contributed by atoms with Gasteiger partial charge in [0.15, 0.2) is 0 Å². The molecule has 108 valence electrons. The van der Waals surface area contributed by atoms with Gasteiger partial charge in [0.2, 0.25) is 0 Å². The number of benzene rings is 1. The van der Waals surface area contributed by atoms with Crippen molar-refractivity contribution in [2.24, 2.45) is 0 Å². The van der Waals surface area contributed by atoms with Crippen LogP contribution in [0.1, 0.15) is 16.1 Å². The van der Waals surface area contributed by atoms with Gasteiger partial charge in [-0.2, -0.15) is 0 Å². The molecule has 0 atom stereocenters. The lowest BCUT2D eigenvalue weighted by Crippen LogP contribution is -2.26. The van der Waals surface area contributed by atoms with Crippen molar-refractivity contribution in [1.82, 2.24) is 10.3 Å². The Morgan fingerprint density at radius 1 is 1.19 bits per heavy atom. The molecule has 0 fully saturated rings. The number of para-hydroxylation sites is 1. The van der Waals surface area contributed by atoms with Crippen LogP contribution in [-0.2, 0) is 11.3 Å². The van der Waals surface area contributed by atoms with Gasteiger partial charge in [-0.25, -0.2) is 9.59 Å². The largest absolute Gasteiger partial charge is 0.465 e. The van der Waals surface area contributed by atoms with Gasteiger partial charge < -0.3 is 14.8 Å². The molecule has 0 saturated carbocycles. The fourth-order valence-corrected chi connectivity index (χ4v) is 1.61. The van der Waals surface area contributed by atoms with Crippen molar-refractivity contribution in [3.05, 3.63) is 59.9 Å². The highest BCUT2D eigenvalue weighted by Gasteiger charge is 2.08. The third-order valence-corrected chi connectivity index (χ3v) is 2.61. The number of rotatable bonds is 4. The molecule has 0 radical (unpaired) electrons. The zero-order chi connectivity index (χ0) is 15.1. The molecule has 0 aliphatic rings. The molecule has 21 heavy (non-hydrogen) atoms. The van der Waals surface area contributed by atoms with Crippen LogP contribution < -0.4 is 10.1 Å². The van der Waals surface area contributed by atoms with Crippen LogP contribution in [0.3, 0.4) is 0 Å². The van der Waals surface area contributed by atoms with E-state index >= 15 is 0 Å². The van der Waals surface area contributed by atoms with Gasteiger partial charge in [0.1, 0.15) is 5.75 Å². The minimum absolute atomic E-state index is 0.149. The van der Waals surface area contributed by atoms with Crippen molar-refractivity contribution in [3.8, 4) is 5.75 Å². The molecule has 0 unspecified atom stereocenters. The lowest BCUT2D eigenvalue weighted by molar-refractivity contribution is 0.0600. The van der Waals surface area contributed by atoms with Crippen LogP contribution >= 0.6 is 0 Å². The minimum Gasteiger partial charge on any atom is -0.465 e. The molecule has 0 aliphatic carbocycles. The second-order valence-corrected chi connectivity index (χ2v) is 4.08. The molecule has 0 saturated heterocycles. The van der Waals surface area contributed by atoms with Crippen LogP contribution in [0.25, 0.3) is 0 Å². The van der Waals surface area contributed by atoms with Crippen LogP contribution in [0.5, 0.6) is 5.75 Å². The van der Waals surface area contributed by atoms with E-state index in [9.17, 15) is 9.59 Å². The average Bonchev–Trinajstić information content (AvgIpc) is 2.53. The molecule has 1 aromatic carbocycles. The van der Waals surface area contributed by atoms with E-state index in [2.05, 4.69) is 15.0 Å². The number of nitrogens with zero attached hydrogens (tertiary/aromatic N) is 1. The summed E-state index contributed by atoms with van der Waals surface area (Å²) in [5.41, 5.74) is 0.906. The normalized spacial score (nSPS) is 9.76. The van der Waals surface area contributed by atoms with E-state index in [1.54, 1.807) is 30.3 Å². The molecule has 6 heteroatoms. The molecule has 0 bridgehead atoms. The number of carbonyl (C=O) groups is 2. The van der Waals surface area contributed by atoms with E-state index in [-0.39, 0.29) is 6.54 Å². The number of hydrogen-bond donors (Lipinski definition) is 1. The monoisotopic (exact) mass is 286 g/mol. The summed E-state index contributed by atoms with van der Waals surface area (Å²) in [4.78, 5) is 27.0. The molecular formula is C15H14N2O4. The maximum atomic E-state index is 11.6. The molecule has 0 aliphatic heterocycles. The molecule has 1 amide bonds. The summed E-state index contributed by atoms with van der Waals surface area (Å²) in [6, 6.07) is 11.8. The summed E-state index contributed by atoms with van der Waals surface area (Å²) in [7, 11) is 1.30. The van der Waals surface area contributed by atoms with Gasteiger partial charge in [-0.3, -0.25) is 4.98 Å². The molecule has 6 nitrogen and oxygen atoms in total. The van der Waals surface area contributed by atoms with Crippen molar-refractivity contribution in [2.75, 3.05) is 7.11 Å². The second kappa shape index (κ2) is 7.04. The van der Waals surface area contributed by atoms with Crippen molar-refractivity contribution in [2.45, 2.75) is 6.54 Å². The first kappa shape index (κ1) is 14.5. The SMILES string of the molecule is COC(=O)c1ccnc(CNC(=O)Oc2ccccc2)c1. The first-order valence-electron chi connectivity index (χ1n) is 6.23. The quantitative estimate of drug-likeness (QED) is 0.871. The number of esters is 1. The number of carbonyl (C=O) groups excluding carboxylic acids is 2. The maximum absolute atomic E-state index is 11.6. The van der Waals surface area contributed by atoms with E-state index < -0.39 is 12.1 Å². The zero-order valence-electron chi connectivity index (χ0n) is 11.4. The average molecular weight is 286 g/mol. The highest BCUT2D eigenvalue weighted by molar-refractivity contribution is 5.89. The standard InChI is InChI=1S/C15H14N2O4/c1-20-14(18)11-7-8-16-12(9-11)10-17-15(19)21-13-5-3-2-4-6-13/h2-9H,10H2,1H3,(H,17,19). The highest BCUT2D eigenvalue weighted by Crippen LogP contribution is 2.08. The Balaban J connectivity index is 1.91. The number of hydrogen-bond acceptors (Lipinski definition) is 5. The molecule has 1 heterocycles. The fourth-order valence-electron chi connectivity index (χ4n) is 1.61. The summed E-state index contributed by atoms with van der Waals surface area (Å²) in [6.45, 7) is 0.149. The van der Waals surface area contributed by atoms with Crippen molar-refractivity contribution in [1.29, 1.82) is 0 Å². The van der Waals surface area contributed by atoms with E-state index in [1.165, 1.54) is 19.4 Å². The van der Waals surface area contributed by atoms with Crippen LogP contribution in [0.2, 0.25) is 0 Å². The summed E-state index contributed by atoms with van der Waals surface area (Å²) in [5.74, 6) is -0.00298. The number of methoxy groups -OCH3 is 1. The summed E-state index contributed by atoms with van der Waals surface area (Å²) in [5, 5.41) is 2.56. The molecule has 2 aromatic rings. The lowest BCUT2D eigenvalue weighted by Gasteiger charge is -2.07. The number of amides is 1. The Morgan fingerprint density at radius 3 is 2.67 bits per heavy atom. The molecule has 1 N–H and O–H groups in total. The van der Waals surface area contributed by atoms with Gasteiger partial charge in [0.25, 0.3) is 0 Å². The Hall–Kier alpha value is -2.89. The van der Waals surface area contributed by atoms with Crippen molar-refractivity contribution >= 4 is 12.1 Å². The number of aromatic nitrogens is 1. The summed E-state index contributed by atoms with van der Waals surface area (Å²) < 4.78 is 9.68. The number of nitrogens with one attached hydrogen (secondary N) is 1. The van der Waals surface area contributed by atoms with Crippen LogP contribution in [0.4, 0.5) is 4.79 Å².